The Labute approximate surface area is 124 Å². The molecular formula is C18H30N2. The van der Waals surface area contributed by atoms with E-state index in [2.05, 4.69) is 62.2 Å². The fraction of sp³-hybridized carbons (Fsp3) is 0.667. The van der Waals surface area contributed by atoms with Crippen molar-refractivity contribution in [1.82, 2.24) is 5.32 Å². The van der Waals surface area contributed by atoms with Crippen LogP contribution in [0.2, 0.25) is 0 Å². The molecule has 0 saturated carbocycles. The molecule has 0 spiro atoms. The first-order valence-electron chi connectivity index (χ1n) is 8.23. The Hall–Kier alpha value is -1.02. The van der Waals surface area contributed by atoms with Gasteiger partial charge in [0.2, 0.25) is 0 Å². The van der Waals surface area contributed by atoms with Crippen molar-refractivity contribution in [2.24, 2.45) is 5.92 Å². The Kier molecular flexibility index (Phi) is 5.47. The molecule has 20 heavy (non-hydrogen) atoms. The number of hydrogen-bond acceptors (Lipinski definition) is 2. The van der Waals surface area contributed by atoms with Crippen LogP contribution in [0, 0.1) is 5.92 Å². The van der Waals surface area contributed by atoms with Crippen LogP contribution >= 0.6 is 0 Å². The second-order valence-electron chi connectivity index (χ2n) is 6.47. The average Bonchev–Trinajstić information content (AvgIpc) is 2.46. The maximum absolute atomic E-state index is 3.73. The van der Waals surface area contributed by atoms with E-state index in [9.17, 15) is 0 Å². The summed E-state index contributed by atoms with van der Waals surface area (Å²) < 4.78 is 0. The minimum Gasteiger partial charge on any atom is -0.366 e. The highest BCUT2D eigenvalue weighted by Gasteiger charge is 2.27. The molecule has 0 aromatic heterocycles. The Morgan fingerprint density at radius 1 is 1.20 bits per heavy atom. The zero-order chi connectivity index (χ0) is 14.5. The summed E-state index contributed by atoms with van der Waals surface area (Å²) >= 11 is 0. The Balaban J connectivity index is 2.11. The Morgan fingerprint density at radius 2 is 1.90 bits per heavy atom. The summed E-state index contributed by atoms with van der Waals surface area (Å²) in [6.07, 6.45) is 3.59. The van der Waals surface area contributed by atoms with Gasteiger partial charge in [0.05, 0.1) is 0 Å². The number of aryl methyl sites for hydroxylation is 1. The first-order chi connectivity index (χ1) is 9.63. The third-order valence-electron chi connectivity index (χ3n) is 4.40. The standard InChI is InChI=1S/C18H30N2/c1-5-15-7-9-18(10-8-15)20-13-16(11-14(3)4)19-12-17(20)6-2/h7-10,14,16-17,19H,5-6,11-13H2,1-4H3. The molecule has 1 aliphatic rings. The van der Waals surface area contributed by atoms with Crippen LogP contribution in [0.1, 0.15) is 46.1 Å². The maximum atomic E-state index is 3.73. The minimum absolute atomic E-state index is 0.628. The van der Waals surface area contributed by atoms with Gasteiger partial charge in [0.15, 0.2) is 0 Å². The highest BCUT2D eigenvalue weighted by Crippen LogP contribution is 2.23. The van der Waals surface area contributed by atoms with Crippen molar-refractivity contribution in [3.8, 4) is 0 Å². The number of benzene rings is 1. The first kappa shape index (κ1) is 15.4. The van der Waals surface area contributed by atoms with Crippen molar-refractivity contribution in [3.05, 3.63) is 29.8 Å². The van der Waals surface area contributed by atoms with Crippen LogP contribution in [0.3, 0.4) is 0 Å². The van der Waals surface area contributed by atoms with Crippen molar-refractivity contribution >= 4 is 5.69 Å². The van der Waals surface area contributed by atoms with Gasteiger partial charge in [0, 0.05) is 30.9 Å². The van der Waals surface area contributed by atoms with E-state index in [1.807, 2.05) is 0 Å². The molecule has 2 atom stereocenters. The predicted octanol–water partition coefficient (Wildman–Crippen LogP) is 3.85. The topological polar surface area (TPSA) is 15.3 Å². The van der Waals surface area contributed by atoms with E-state index in [1.165, 1.54) is 24.1 Å². The molecular weight excluding hydrogens is 244 g/mol. The van der Waals surface area contributed by atoms with Crippen LogP contribution in [0.5, 0.6) is 0 Å². The first-order valence-corrected chi connectivity index (χ1v) is 8.23. The quantitative estimate of drug-likeness (QED) is 0.877. The van der Waals surface area contributed by atoms with Gasteiger partial charge in [-0.1, -0.05) is 39.8 Å². The zero-order valence-corrected chi connectivity index (χ0v) is 13.5. The SMILES string of the molecule is CCc1ccc(N2CC(CC(C)C)NCC2CC)cc1. The molecule has 0 amide bonds. The zero-order valence-electron chi connectivity index (χ0n) is 13.5. The van der Waals surface area contributed by atoms with E-state index in [1.54, 1.807) is 0 Å². The highest BCUT2D eigenvalue weighted by atomic mass is 15.2. The van der Waals surface area contributed by atoms with Gasteiger partial charge < -0.3 is 10.2 Å². The third kappa shape index (κ3) is 3.76. The van der Waals surface area contributed by atoms with Crippen LogP contribution in [0.15, 0.2) is 24.3 Å². The van der Waals surface area contributed by atoms with Gasteiger partial charge in [0.1, 0.15) is 0 Å². The lowest BCUT2D eigenvalue weighted by molar-refractivity contribution is 0.343. The van der Waals surface area contributed by atoms with Crippen molar-refractivity contribution in [2.75, 3.05) is 18.0 Å². The summed E-state index contributed by atoms with van der Waals surface area (Å²) in [4.78, 5) is 2.61. The van der Waals surface area contributed by atoms with Crippen LogP contribution in [0.25, 0.3) is 0 Å². The molecule has 1 saturated heterocycles. The Bertz CT molecular complexity index is 396. The van der Waals surface area contributed by atoms with Crippen molar-refractivity contribution in [2.45, 2.75) is 59.0 Å². The molecule has 1 fully saturated rings. The molecule has 112 valence electrons. The summed E-state index contributed by atoms with van der Waals surface area (Å²) in [5, 5.41) is 3.73. The molecule has 0 bridgehead atoms. The van der Waals surface area contributed by atoms with Gasteiger partial charge in [0.25, 0.3) is 0 Å². The molecule has 2 rings (SSSR count). The maximum Gasteiger partial charge on any atom is 0.0412 e. The molecule has 1 N–H and O–H groups in total. The lowest BCUT2D eigenvalue weighted by Crippen LogP contribution is -2.56. The van der Waals surface area contributed by atoms with Crippen LogP contribution in [-0.2, 0) is 6.42 Å². The van der Waals surface area contributed by atoms with E-state index in [0.717, 1.165) is 25.4 Å². The number of anilines is 1. The van der Waals surface area contributed by atoms with Crippen molar-refractivity contribution < 1.29 is 0 Å². The predicted molar refractivity (Wildman–Crippen MR) is 88.5 cm³/mol. The monoisotopic (exact) mass is 274 g/mol. The molecule has 2 unspecified atom stereocenters. The Morgan fingerprint density at radius 3 is 2.45 bits per heavy atom. The normalized spacial score (nSPS) is 23.4. The van der Waals surface area contributed by atoms with E-state index >= 15 is 0 Å². The van der Waals surface area contributed by atoms with Gasteiger partial charge >= 0.3 is 0 Å². The molecule has 2 heteroatoms. The molecule has 2 nitrogen and oxygen atoms in total. The summed E-state index contributed by atoms with van der Waals surface area (Å²) in [6.45, 7) is 11.4. The van der Waals surface area contributed by atoms with E-state index in [4.69, 9.17) is 0 Å². The summed E-state index contributed by atoms with van der Waals surface area (Å²) in [5.41, 5.74) is 2.82. The fourth-order valence-corrected chi connectivity index (χ4v) is 3.19. The van der Waals surface area contributed by atoms with Crippen molar-refractivity contribution in [3.63, 3.8) is 0 Å². The smallest absolute Gasteiger partial charge is 0.0412 e. The largest absolute Gasteiger partial charge is 0.366 e. The second kappa shape index (κ2) is 7.12. The number of nitrogens with zero attached hydrogens (tertiary/aromatic N) is 1. The van der Waals surface area contributed by atoms with Gasteiger partial charge in [-0.15, -0.1) is 0 Å². The molecule has 0 radical (unpaired) electrons. The molecule has 1 aromatic rings. The number of piperazine rings is 1. The van der Waals surface area contributed by atoms with Gasteiger partial charge in [-0.2, -0.15) is 0 Å². The minimum atomic E-state index is 0.628. The molecule has 1 aliphatic heterocycles. The summed E-state index contributed by atoms with van der Waals surface area (Å²) in [6, 6.07) is 10.4. The number of rotatable bonds is 5. The van der Waals surface area contributed by atoms with E-state index in [-0.39, 0.29) is 0 Å². The van der Waals surface area contributed by atoms with E-state index in [0.29, 0.717) is 12.1 Å². The van der Waals surface area contributed by atoms with Crippen LogP contribution in [-0.4, -0.2) is 25.2 Å². The number of nitrogens with one attached hydrogen (secondary N) is 1. The van der Waals surface area contributed by atoms with Crippen LogP contribution in [0.4, 0.5) is 5.69 Å². The molecule has 1 aromatic carbocycles. The molecule has 1 heterocycles. The van der Waals surface area contributed by atoms with Gasteiger partial charge in [-0.25, -0.2) is 0 Å². The lowest BCUT2D eigenvalue weighted by Gasteiger charge is -2.42. The number of hydrogen-bond donors (Lipinski definition) is 1. The second-order valence-corrected chi connectivity index (χ2v) is 6.47. The summed E-state index contributed by atoms with van der Waals surface area (Å²) in [7, 11) is 0. The average molecular weight is 274 g/mol. The van der Waals surface area contributed by atoms with Gasteiger partial charge in [-0.3, -0.25) is 0 Å². The third-order valence-corrected chi connectivity index (χ3v) is 4.40. The lowest BCUT2D eigenvalue weighted by atomic mass is 9.98. The van der Waals surface area contributed by atoms with Crippen LogP contribution < -0.4 is 10.2 Å². The van der Waals surface area contributed by atoms with E-state index < -0.39 is 0 Å². The fourth-order valence-electron chi connectivity index (χ4n) is 3.19. The highest BCUT2D eigenvalue weighted by molar-refractivity contribution is 5.49. The van der Waals surface area contributed by atoms with Crippen molar-refractivity contribution in [1.29, 1.82) is 0 Å². The summed E-state index contributed by atoms with van der Waals surface area (Å²) in [5.74, 6) is 0.759. The molecule has 0 aliphatic carbocycles. The van der Waals surface area contributed by atoms with Gasteiger partial charge in [-0.05, 0) is 42.9 Å².